The minimum atomic E-state index is -0.523. The number of carbonyl (C=O) groups is 1. The zero-order valence-electron chi connectivity index (χ0n) is 20.6. The normalized spacial score (nSPS) is 10.9. The summed E-state index contributed by atoms with van der Waals surface area (Å²) in [5.74, 6) is 1.36. The van der Waals surface area contributed by atoms with E-state index in [1.165, 1.54) is 25.3 Å². The third-order valence-corrected chi connectivity index (χ3v) is 6.04. The first kappa shape index (κ1) is 27.8. The summed E-state index contributed by atoms with van der Waals surface area (Å²) in [5, 5.41) is 12.4. The lowest BCUT2D eigenvalue weighted by Crippen LogP contribution is -2.24. The first-order chi connectivity index (χ1) is 17.9. The summed E-state index contributed by atoms with van der Waals surface area (Å²) in [6.07, 6.45) is 1.50. The minimum absolute atomic E-state index is 0.0642. The van der Waals surface area contributed by atoms with Crippen LogP contribution in [0.25, 0.3) is 6.08 Å². The highest BCUT2D eigenvalue weighted by Gasteiger charge is 2.15. The maximum atomic E-state index is 13.2. The molecule has 0 aliphatic carbocycles. The average Bonchev–Trinajstić information content (AvgIpc) is 2.90. The Bertz CT molecular complexity index is 1320. The number of nitrogens with zero attached hydrogens (tertiary/aromatic N) is 1. The Kier molecular flexibility index (Phi) is 10.1. The van der Waals surface area contributed by atoms with E-state index in [9.17, 15) is 14.4 Å². The van der Waals surface area contributed by atoms with Gasteiger partial charge in [-0.25, -0.2) is 4.39 Å². The average molecular weight is 616 g/mol. The van der Waals surface area contributed by atoms with Gasteiger partial charge in [0.05, 0.1) is 24.4 Å². The monoisotopic (exact) mass is 616 g/mol. The molecule has 7 nitrogen and oxygen atoms in total. The predicted octanol–water partition coefficient (Wildman–Crippen LogP) is 5.65. The number of amides is 1. The molecule has 37 heavy (non-hydrogen) atoms. The SMILES string of the molecule is CCOc1cc(/C=C(\C#N)C(=O)NCc2ccc(OC)cc2OC)cc(I)c1OCc1ccc(F)cc1. The Morgan fingerprint density at radius 2 is 1.81 bits per heavy atom. The number of carbonyl (C=O) groups excluding carboxylic acids is 1. The number of nitrogens with one attached hydrogen (secondary N) is 1. The molecule has 3 aromatic rings. The lowest BCUT2D eigenvalue weighted by Gasteiger charge is -2.15. The van der Waals surface area contributed by atoms with E-state index in [0.717, 1.165) is 14.7 Å². The molecule has 0 radical (unpaired) electrons. The molecule has 0 aliphatic rings. The van der Waals surface area contributed by atoms with Crippen LogP contribution in [0.2, 0.25) is 0 Å². The molecule has 0 saturated carbocycles. The zero-order valence-corrected chi connectivity index (χ0v) is 22.8. The van der Waals surface area contributed by atoms with Gasteiger partial charge in [0.25, 0.3) is 5.91 Å². The van der Waals surface area contributed by atoms with Crippen molar-refractivity contribution >= 4 is 34.6 Å². The fourth-order valence-electron chi connectivity index (χ4n) is 3.39. The van der Waals surface area contributed by atoms with Gasteiger partial charge >= 0.3 is 0 Å². The quantitative estimate of drug-likeness (QED) is 0.170. The Balaban J connectivity index is 1.78. The van der Waals surface area contributed by atoms with Gasteiger partial charge in [0.1, 0.15) is 35.6 Å². The largest absolute Gasteiger partial charge is 0.497 e. The molecule has 0 saturated heterocycles. The Morgan fingerprint density at radius 3 is 2.46 bits per heavy atom. The van der Waals surface area contributed by atoms with Crippen LogP contribution in [-0.4, -0.2) is 26.7 Å². The number of benzene rings is 3. The zero-order chi connectivity index (χ0) is 26.8. The van der Waals surface area contributed by atoms with Crippen molar-refractivity contribution in [3.8, 4) is 29.1 Å². The molecule has 0 atom stereocenters. The van der Waals surface area contributed by atoms with Gasteiger partial charge in [-0.05, 0) is 83.1 Å². The highest BCUT2D eigenvalue weighted by molar-refractivity contribution is 14.1. The second kappa shape index (κ2) is 13.5. The van der Waals surface area contributed by atoms with Crippen molar-refractivity contribution in [1.82, 2.24) is 5.32 Å². The van der Waals surface area contributed by atoms with Crippen molar-refractivity contribution < 1.29 is 28.1 Å². The lowest BCUT2D eigenvalue weighted by molar-refractivity contribution is -0.117. The molecular formula is C28H26FIN2O5. The van der Waals surface area contributed by atoms with Gasteiger partial charge in [-0.2, -0.15) is 5.26 Å². The molecule has 0 bridgehead atoms. The number of rotatable bonds is 11. The maximum Gasteiger partial charge on any atom is 0.262 e. The van der Waals surface area contributed by atoms with Gasteiger partial charge in [0.2, 0.25) is 0 Å². The predicted molar refractivity (Wildman–Crippen MR) is 146 cm³/mol. The second-order valence-corrected chi connectivity index (χ2v) is 8.87. The highest BCUT2D eigenvalue weighted by atomic mass is 127. The van der Waals surface area contributed by atoms with Crippen LogP contribution >= 0.6 is 22.6 Å². The molecule has 0 heterocycles. The summed E-state index contributed by atoms with van der Waals surface area (Å²) >= 11 is 2.11. The number of ether oxygens (including phenoxy) is 4. The van der Waals surface area contributed by atoms with Crippen molar-refractivity contribution in [2.24, 2.45) is 0 Å². The third kappa shape index (κ3) is 7.60. The van der Waals surface area contributed by atoms with E-state index in [0.29, 0.717) is 35.2 Å². The summed E-state index contributed by atoms with van der Waals surface area (Å²) in [6.45, 7) is 2.64. The van der Waals surface area contributed by atoms with Gasteiger partial charge in [-0.3, -0.25) is 4.79 Å². The van der Waals surface area contributed by atoms with Crippen LogP contribution in [0.3, 0.4) is 0 Å². The second-order valence-electron chi connectivity index (χ2n) is 7.71. The fraction of sp³-hybridized carbons (Fsp3) is 0.214. The first-order valence-electron chi connectivity index (χ1n) is 11.3. The van der Waals surface area contributed by atoms with E-state index in [1.54, 1.807) is 49.6 Å². The van der Waals surface area contributed by atoms with Gasteiger partial charge < -0.3 is 24.3 Å². The van der Waals surface area contributed by atoms with E-state index in [-0.39, 0.29) is 24.5 Å². The van der Waals surface area contributed by atoms with Crippen molar-refractivity contribution in [2.75, 3.05) is 20.8 Å². The summed E-state index contributed by atoms with van der Waals surface area (Å²) in [5.41, 5.74) is 2.09. The Hall–Kier alpha value is -3.78. The summed E-state index contributed by atoms with van der Waals surface area (Å²) in [6, 6.07) is 16.8. The van der Waals surface area contributed by atoms with Gasteiger partial charge in [0, 0.05) is 18.2 Å². The third-order valence-electron chi connectivity index (χ3n) is 5.24. The fourth-order valence-corrected chi connectivity index (χ4v) is 4.18. The molecule has 3 rings (SSSR count). The maximum absolute atomic E-state index is 13.2. The van der Waals surface area contributed by atoms with E-state index >= 15 is 0 Å². The molecule has 192 valence electrons. The number of halogens is 2. The Morgan fingerprint density at radius 1 is 1.05 bits per heavy atom. The van der Waals surface area contributed by atoms with Crippen molar-refractivity contribution in [1.29, 1.82) is 5.26 Å². The molecule has 1 N–H and O–H groups in total. The molecule has 1 amide bonds. The van der Waals surface area contributed by atoms with Gasteiger partial charge in [-0.1, -0.05) is 12.1 Å². The van der Waals surface area contributed by atoms with Crippen LogP contribution in [0.1, 0.15) is 23.6 Å². The topological polar surface area (TPSA) is 89.8 Å². The molecule has 3 aromatic carbocycles. The van der Waals surface area contributed by atoms with E-state index in [2.05, 4.69) is 27.9 Å². The summed E-state index contributed by atoms with van der Waals surface area (Å²) in [4.78, 5) is 12.8. The minimum Gasteiger partial charge on any atom is -0.497 e. The molecule has 0 unspecified atom stereocenters. The molecular weight excluding hydrogens is 590 g/mol. The van der Waals surface area contributed by atoms with Crippen molar-refractivity contribution in [2.45, 2.75) is 20.1 Å². The smallest absolute Gasteiger partial charge is 0.262 e. The van der Waals surface area contributed by atoms with Crippen molar-refractivity contribution in [3.63, 3.8) is 0 Å². The Labute approximate surface area is 228 Å². The van der Waals surface area contributed by atoms with Crippen LogP contribution in [-0.2, 0) is 17.9 Å². The van der Waals surface area contributed by atoms with Crippen LogP contribution < -0.4 is 24.3 Å². The van der Waals surface area contributed by atoms with Crippen LogP contribution in [0.4, 0.5) is 4.39 Å². The first-order valence-corrected chi connectivity index (χ1v) is 12.4. The van der Waals surface area contributed by atoms with E-state index in [4.69, 9.17) is 18.9 Å². The number of hydrogen-bond donors (Lipinski definition) is 1. The van der Waals surface area contributed by atoms with Gasteiger partial charge in [0.15, 0.2) is 11.5 Å². The van der Waals surface area contributed by atoms with Gasteiger partial charge in [-0.15, -0.1) is 0 Å². The number of nitriles is 1. The van der Waals surface area contributed by atoms with Crippen molar-refractivity contribution in [3.05, 3.63) is 86.2 Å². The molecule has 0 spiro atoms. The highest BCUT2D eigenvalue weighted by Crippen LogP contribution is 2.35. The molecule has 0 aliphatic heterocycles. The number of hydrogen-bond acceptors (Lipinski definition) is 6. The van der Waals surface area contributed by atoms with Crippen LogP contribution in [0, 0.1) is 20.7 Å². The van der Waals surface area contributed by atoms with E-state index < -0.39 is 5.91 Å². The van der Waals surface area contributed by atoms with E-state index in [1.807, 2.05) is 13.0 Å². The standard InChI is InChI=1S/C28H26FIN2O5/c1-4-36-26-13-19(12-24(30)27(26)37-17-18-5-8-22(29)9-6-18)11-21(15-31)28(33)32-16-20-7-10-23(34-2)14-25(20)35-3/h5-14H,4,16-17H2,1-3H3,(H,32,33)/b21-11+. The summed E-state index contributed by atoms with van der Waals surface area (Å²) < 4.78 is 36.2. The van der Waals surface area contributed by atoms with Crippen LogP contribution in [0.15, 0.2) is 60.2 Å². The molecule has 9 heteroatoms. The lowest BCUT2D eigenvalue weighted by atomic mass is 10.1. The molecule has 0 fully saturated rings. The summed E-state index contributed by atoms with van der Waals surface area (Å²) in [7, 11) is 3.09. The number of methoxy groups -OCH3 is 2. The van der Waals surface area contributed by atoms with Crippen LogP contribution in [0.5, 0.6) is 23.0 Å². The molecule has 0 aromatic heterocycles.